The van der Waals surface area contributed by atoms with Crippen LogP contribution >= 0.6 is 12.2 Å². The van der Waals surface area contributed by atoms with Gasteiger partial charge < -0.3 is 10.1 Å². The van der Waals surface area contributed by atoms with Gasteiger partial charge in [0.1, 0.15) is 11.6 Å². The lowest BCUT2D eigenvalue weighted by atomic mass is 10.1. The maximum absolute atomic E-state index is 13.6. The van der Waals surface area contributed by atoms with E-state index < -0.39 is 11.7 Å². The molecular formula is C21H18FN3O2S. The van der Waals surface area contributed by atoms with E-state index in [1.807, 2.05) is 36.4 Å². The number of carbonyl (C=O) groups excluding carboxylic acids is 1. The van der Waals surface area contributed by atoms with E-state index in [-0.39, 0.29) is 10.8 Å². The third-order valence-corrected chi connectivity index (χ3v) is 4.12. The van der Waals surface area contributed by atoms with E-state index in [0.717, 1.165) is 22.1 Å². The molecule has 0 atom stereocenters. The number of benzene rings is 3. The topological polar surface area (TPSA) is 62.4 Å². The fourth-order valence-electron chi connectivity index (χ4n) is 2.52. The van der Waals surface area contributed by atoms with Crippen molar-refractivity contribution in [3.8, 4) is 5.75 Å². The Bertz CT molecular complexity index is 1050. The number of fused-ring (bicyclic) bond motifs is 1. The Balaban J connectivity index is 1.55. The van der Waals surface area contributed by atoms with Gasteiger partial charge in [0.2, 0.25) is 0 Å². The molecule has 5 nitrogen and oxygen atoms in total. The second kappa shape index (κ2) is 8.96. The molecule has 28 heavy (non-hydrogen) atoms. The van der Waals surface area contributed by atoms with Crippen LogP contribution in [-0.4, -0.2) is 18.1 Å². The molecule has 3 rings (SSSR count). The van der Waals surface area contributed by atoms with Crippen molar-refractivity contribution >= 4 is 45.8 Å². The molecule has 0 aliphatic heterocycles. The van der Waals surface area contributed by atoms with Crippen molar-refractivity contribution in [2.45, 2.75) is 0 Å². The molecule has 0 aliphatic rings. The summed E-state index contributed by atoms with van der Waals surface area (Å²) in [5, 5.41) is 4.83. The average molecular weight is 395 g/mol. The van der Waals surface area contributed by atoms with Crippen molar-refractivity contribution in [1.82, 2.24) is 10.9 Å². The molecule has 3 aromatic carbocycles. The summed E-state index contributed by atoms with van der Waals surface area (Å²) in [5.41, 5.74) is 6.05. The van der Waals surface area contributed by atoms with Crippen LogP contribution < -0.4 is 20.9 Å². The lowest BCUT2D eigenvalue weighted by molar-refractivity contribution is -0.116. The van der Waals surface area contributed by atoms with Crippen LogP contribution in [0.3, 0.4) is 0 Å². The largest absolute Gasteiger partial charge is 0.497 e. The monoisotopic (exact) mass is 395 g/mol. The molecule has 3 aromatic rings. The number of halogens is 1. The number of ether oxygens (including phenoxy) is 1. The maximum atomic E-state index is 13.6. The zero-order valence-electron chi connectivity index (χ0n) is 15.0. The Morgan fingerprint density at radius 3 is 2.57 bits per heavy atom. The minimum absolute atomic E-state index is 0.0755. The van der Waals surface area contributed by atoms with Gasteiger partial charge in [0.15, 0.2) is 5.11 Å². The van der Waals surface area contributed by atoms with Crippen LogP contribution in [0, 0.1) is 5.82 Å². The van der Waals surface area contributed by atoms with Crippen molar-refractivity contribution < 1.29 is 13.9 Å². The van der Waals surface area contributed by atoms with E-state index in [9.17, 15) is 9.18 Å². The predicted molar refractivity (Wildman–Crippen MR) is 113 cm³/mol. The third-order valence-electron chi connectivity index (χ3n) is 3.92. The quantitative estimate of drug-likeness (QED) is 0.354. The summed E-state index contributed by atoms with van der Waals surface area (Å²) in [6.45, 7) is 0. The summed E-state index contributed by atoms with van der Waals surface area (Å²) < 4.78 is 18.8. The van der Waals surface area contributed by atoms with E-state index in [2.05, 4.69) is 16.2 Å². The smallest absolute Gasteiger partial charge is 0.262 e. The van der Waals surface area contributed by atoms with E-state index >= 15 is 0 Å². The number of hydrogen-bond donors (Lipinski definition) is 3. The number of hydrazine groups is 1. The van der Waals surface area contributed by atoms with Gasteiger partial charge in [0, 0.05) is 6.08 Å². The molecule has 0 aliphatic carbocycles. The molecule has 0 spiro atoms. The molecule has 7 heteroatoms. The highest BCUT2D eigenvalue weighted by atomic mass is 32.1. The predicted octanol–water partition coefficient (Wildman–Crippen LogP) is 4.02. The molecular weight excluding hydrogens is 377 g/mol. The SMILES string of the molecule is COc1ccc2cc(/C=C/C(=O)NNC(=S)Nc3ccccc3F)ccc2c1. The first-order chi connectivity index (χ1) is 13.5. The maximum Gasteiger partial charge on any atom is 0.262 e. The van der Waals surface area contributed by atoms with Crippen LogP contribution in [-0.2, 0) is 4.79 Å². The number of hydrogen-bond acceptors (Lipinski definition) is 3. The Morgan fingerprint density at radius 1 is 1.04 bits per heavy atom. The summed E-state index contributed by atoms with van der Waals surface area (Å²) in [6.07, 6.45) is 3.07. The van der Waals surface area contributed by atoms with Gasteiger partial charge in [-0.05, 0) is 65.0 Å². The first-order valence-corrected chi connectivity index (χ1v) is 8.83. The summed E-state index contributed by atoms with van der Waals surface area (Å²) in [6, 6.07) is 17.7. The first-order valence-electron chi connectivity index (χ1n) is 8.42. The number of amides is 1. The lowest BCUT2D eigenvalue weighted by Crippen LogP contribution is -2.43. The summed E-state index contributed by atoms with van der Waals surface area (Å²) in [5.74, 6) is -0.0412. The van der Waals surface area contributed by atoms with Crippen LogP contribution in [0.2, 0.25) is 0 Å². The second-order valence-corrected chi connectivity index (χ2v) is 6.26. The van der Waals surface area contributed by atoms with E-state index in [1.165, 1.54) is 12.1 Å². The van der Waals surface area contributed by atoms with Crippen LogP contribution in [0.15, 0.2) is 66.7 Å². The molecule has 0 saturated heterocycles. The minimum Gasteiger partial charge on any atom is -0.497 e. The van der Waals surface area contributed by atoms with Gasteiger partial charge in [-0.25, -0.2) is 4.39 Å². The normalized spacial score (nSPS) is 10.6. The van der Waals surface area contributed by atoms with E-state index in [1.54, 1.807) is 31.4 Å². The van der Waals surface area contributed by atoms with Gasteiger partial charge in [-0.2, -0.15) is 0 Å². The molecule has 0 fully saturated rings. The number of nitrogens with one attached hydrogen (secondary N) is 3. The molecule has 0 bridgehead atoms. The van der Waals surface area contributed by atoms with Crippen LogP contribution in [0.25, 0.3) is 16.8 Å². The number of carbonyl (C=O) groups is 1. The van der Waals surface area contributed by atoms with Gasteiger partial charge in [0.25, 0.3) is 5.91 Å². The van der Waals surface area contributed by atoms with E-state index in [0.29, 0.717) is 0 Å². The number of methoxy groups -OCH3 is 1. The number of anilines is 1. The molecule has 0 heterocycles. The van der Waals surface area contributed by atoms with Crippen LogP contribution in [0.5, 0.6) is 5.75 Å². The Labute approximate surface area is 167 Å². The van der Waals surface area contributed by atoms with Crippen LogP contribution in [0.4, 0.5) is 10.1 Å². The van der Waals surface area contributed by atoms with Gasteiger partial charge >= 0.3 is 0 Å². The molecule has 1 amide bonds. The Hall–Kier alpha value is -3.45. The Kier molecular flexibility index (Phi) is 6.18. The molecule has 0 aromatic heterocycles. The zero-order valence-corrected chi connectivity index (χ0v) is 15.8. The van der Waals surface area contributed by atoms with Crippen molar-refractivity contribution in [3.05, 3.63) is 78.1 Å². The highest BCUT2D eigenvalue weighted by molar-refractivity contribution is 7.80. The average Bonchev–Trinajstić information content (AvgIpc) is 2.72. The van der Waals surface area contributed by atoms with Gasteiger partial charge in [-0.1, -0.05) is 30.3 Å². The van der Waals surface area contributed by atoms with Crippen molar-refractivity contribution in [2.24, 2.45) is 0 Å². The first kappa shape index (κ1) is 19.3. The highest BCUT2D eigenvalue weighted by Gasteiger charge is 2.03. The molecule has 0 saturated carbocycles. The van der Waals surface area contributed by atoms with E-state index in [4.69, 9.17) is 17.0 Å². The summed E-state index contributed by atoms with van der Waals surface area (Å²) in [4.78, 5) is 11.9. The van der Waals surface area contributed by atoms with Gasteiger partial charge in [0.05, 0.1) is 12.8 Å². The Morgan fingerprint density at radius 2 is 1.79 bits per heavy atom. The highest BCUT2D eigenvalue weighted by Crippen LogP contribution is 2.22. The van der Waals surface area contributed by atoms with Crippen molar-refractivity contribution in [3.63, 3.8) is 0 Å². The van der Waals surface area contributed by atoms with Gasteiger partial charge in [-0.15, -0.1) is 0 Å². The van der Waals surface area contributed by atoms with Crippen molar-refractivity contribution in [1.29, 1.82) is 0 Å². The standard InChI is InChI=1S/C21H18FN3O2S/c1-27-17-10-9-15-12-14(6-8-16(15)13-17)7-11-20(26)24-25-21(28)23-19-5-3-2-4-18(19)22/h2-13H,1H3,(H,24,26)(H2,23,25,28)/b11-7+. The molecule has 0 radical (unpaired) electrons. The fourth-order valence-corrected chi connectivity index (χ4v) is 2.68. The summed E-state index contributed by atoms with van der Waals surface area (Å²) in [7, 11) is 1.63. The minimum atomic E-state index is -0.438. The summed E-state index contributed by atoms with van der Waals surface area (Å²) >= 11 is 5.03. The lowest BCUT2D eigenvalue weighted by Gasteiger charge is -2.10. The zero-order chi connectivity index (χ0) is 19.9. The fraction of sp³-hybridized carbons (Fsp3) is 0.0476. The number of para-hydroxylation sites is 1. The van der Waals surface area contributed by atoms with Crippen molar-refractivity contribution in [2.75, 3.05) is 12.4 Å². The van der Waals surface area contributed by atoms with Gasteiger partial charge in [-0.3, -0.25) is 15.6 Å². The molecule has 142 valence electrons. The number of thiocarbonyl (C=S) groups is 1. The van der Waals surface area contributed by atoms with Crippen LogP contribution in [0.1, 0.15) is 5.56 Å². The molecule has 0 unspecified atom stereocenters. The third kappa shape index (κ3) is 5.05. The number of rotatable bonds is 4. The molecule has 3 N–H and O–H groups in total. The second-order valence-electron chi connectivity index (χ2n) is 5.85.